The van der Waals surface area contributed by atoms with Crippen LogP contribution >= 0.6 is 11.6 Å². The Hall–Kier alpha value is -0.530. The summed E-state index contributed by atoms with van der Waals surface area (Å²) in [7, 11) is 0. The molecule has 0 heterocycles. The van der Waals surface area contributed by atoms with Crippen molar-refractivity contribution in [2.24, 2.45) is 0 Å². The second kappa shape index (κ2) is 4.64. The molecule has 0 unspecified atom stereocenters. The highest BCUT2D eigenvalue weighted by Gasteiger charge is 2.04. The maximum absolute atomic E-state index is 9.15. The SMILES string of the molecule is Cc1cccc(Cl)c1CC[C@H](C)O. The predicted molar refractivity (Wildman–Crippen MR) is 56.2 cm³/mol. The standard InChI is InChI=1S/C11H15ClO/c1-8-4-3-5-11(12)10(8)7-6-9(2)13/h3-5,9,13H,6-7H2,1-2H3/t9-/m0/s1. The third-order valence-corrected chi connectivity index (χ3v) is 2.52. The van der Waals surface area contributed by atoms with Gasteiger partial charge in [0.05, 0.1) is 6.10 Å². The van der Waals surface area contributed by atoms with Crippen molar-refractivity contribution >= 4 is 11.6 Å². The molecule has 1 N–H and O–H groups in total. The van der Waals surface area contributed by atoms with Crippen LogP contribution in [0.25, 0.3) is 0 Å². The van der Waals surface area contributed by atoms with Crippen molar-refractivity contribution in [2.75, 3.05) is 0 Å². The van der Waals surface area contributed by atoms with E-state index in [1.807, 2.05) is 25.1 Å². The van der Waals surface area contributed by atoms with Crippen molar-refractivity contribution in [1.82, 2.24) is 0 Å². The molecule has 0 saturated carbocycles. The van der Waals surface area contributed by atoms with Gasteiger partial charge < -0.3 is 5.11 Å². The van der Waals surface area contributed by atoms with Gasteiger partial charge in [0.25, 0.3) is 0 Å². The van der Waals surface area contributed by atoms with E-state index in [1.54, 1.807) is 6.92 Å². The van der Waals surface area contributed by atoms with E-state index in [4.69, 9.17) is 16.7 Å². The van der Waals surface area contributed by atoms with Crippen LogP contribution < -0.4 is 0 Å². The number of hydrogen-bond donors (Lipinski definition) is 1. The zero-order chi connectivity index (χ0) is 9.84. The van der Waals surface area contributed by atoms with Crippen LogP contribution in [0.2, 0.25) is 5.02 Å². The summed E-state index contributed by atoms with van der Waals surface area (Å²) in [5.41, 5.74) is 2.36. The molecule has 13 heavy (non-hydrogen) atoms. The van der Waals surface area contributed by atoms with E-state index in [0.29, 0.717) is 0 Å². The third kappa shape index (κ3) is 3.02. The number of halogens is 1. The highest BCUT2D eigenvalue weighted by atomic mass is 35.5. The maximum atomic E-state index is 9.15. The summed E-state index contributed by atoms with van der Waals surface area (Å²) in [5, 5.41) is 9.96. The Balaban J connectivity index is 2.75. The van der Waals surface area contributed by atoms with E-state index < -0.39 is 0 Å². The highest BCUT2D eigenvalue weighted by Crippen LogP contribution is 2.21. The van der Waals surface area contributed by atoms with Gasteiger partial charge in [0, 0.05) is 5.02 Å². The second-order valence-electron chi connectivity index (χ2n) is 3.42. The van der Waals surface area contributed by atoms with Crippen molar-refractivity contribution in [3.63, 3.8) is 0 Å². The van der Waals surface area contributed by atoms with Crippen LogP contribution in [0.4, 0.5) is 0 Å². The lowest BCUT2D eigenvalue weighted by Crippen LogP contribution is -2.02. The zero-order valence-corrected chi connectivity index (χ0v) is 8.80. The molecule has 2 heteroatoms. The molecule has 0 aliphatic carbocycles. The van der Waals surface area contributed by atoms with Crippen LogP contribution in [0.5, 0.6) is 0 Å². The molecule has 0 saturated heterocycles. The minimum Gasteiger partial charge on any atom is -0.393 e. The lowest BCUT2D eigenvalue weighted by molar-refractivity contribution is 0.185. The molecular formula is C11H15ClO. The number of aliphatic hydroxyl groups excluding tert-OH is 1. The quantitative estimate of drug-likeness (QED) is 0.792. The zero-order valence-electron chi connectivity index (χ0n) is 8.05. The average Bonchev–Trinajstić information content (AvgIpc) is 2.03. The van der Waals surface area contributed by atoms with Crippen LogP contribution in [-0.2, 0) is 6.42 Å². The van der Waals surface area contributed by atoms with Gasteiger partial charge in [-0.3, -0.25) is 0 Å². The molecule has 0 spiro atoms. The van der Waals surface area contributed by atoms with Gasteiger partial charge in [-0.05, 0) is 43.9 Å². The molecule has 0 aliphatic heterocycles. The summed E-state index contributed by atoms with van der Waals surface area (Å²) in [5.74, 6) is 0. The van der Waals surface area contributed by atoms with E-state index in [-0.39, 0.29) is 6.10 Å². The Morgan fingerprint density at radius 1 is 1.46 bits per heavy atom. The number of hydrogen-bond acceptors (Lipinski definition) is 1. The number of rotatable bonds is 3. The highest BCUT2D eigenvalue weighted by molar-refractivity contribution is 6.31. The Labute approximate surface area is 84.4 Å². The smallest absolute Gasteiger partial charge is 0.0515 e. The molecule has 1 aromatic carbocycles. The van der Waals surface area contributed by atoms with Gasteiger partial charge in [-0.2, -0.15) is 0 Å². The number of aryl methyl sites for hydroxylation is 1. The van der Waals surface area contributed by atoms with E-state index in [2.05, 4.69) is 0 Å². The van der Waals surface area contributed by atoms with Gasteiger partial charge in [0.2, 0.25) is 0 Å². The molecule has 0 amide bonds. The van der Waals surface area contributed by atoms with Crippen LogP contribution in [0.1, 0.15) is 24.5 Å². The minimum absolute atomic E-state index is 0.254. The van der Waals surface area contributed by atoms with Crippen molar-refractivity contribution in [1.29, 1.82) is 0 Å². The van der Waals surface area contributed by atoms with Gasteiger partial charge in [0.1, 0.15) is 0 Å². The number of aliphatic hydroxyl groups is 1. The van der Waals surface area contributed by atoms with E-state index in [1.165, 1.54) is 5.56 Å². The molecule has 1 rings (SSSR count). The first kappa shape index (κ1) is 10.6. The second-order valence-corrected chi connectivity index (χ2v) is 3.83. The summed E-state index contributed by atoms with van der Waals surface area (Å²) in [6, 6.07) is 5.89. The molecule has 1 atom stereocenters. The predicted octanol–water partition coefficient (Wildman–Crippen LogP) is 2.96. The molecule has 0 bridgehead atoms. The molecule has 0 radical (unpaired) electrons. The van der Waals surface area contributed by atoms with Crippen LogP contribution in [0.3, 0.4) is 0 Å². The first-order chi connectivity index (χ1) is 6.11. The first-order valence-corrected chi connectivity index (χ1v) is 4.91. The molecule has 0 aliphatic rings. The van der Waals surface area contributed by atoms with Gasteiger partial charge in [-0.15, -0.1) is 0 Å². The molecule has 72 valence electrons. The topological polar surface area (TPSA) is 20.2 Å². The summed E-state index contributed by atoms with van der Waals surface area (Å²) < 4.78 is 0. The molecule has 0 aromatic heterocycles. The molecular weight excluding hydrogens is 184 g/mol. The molecule has 0 fully saturated rings. The van der Waals surface area contributed by atoms with Crippen molar-refractivity contribution in [3.05, 3.63) is 34.3 Å². The summed E-state index contributed by atoms with van der Waals surface area (Å²) in [6.07, 6.45) is 1.36. The molecule has 1 nitrogen and oxygen atoms in total. The van der Waals surface area contributed by atoms with Crippen molar-refractivity contribution in [2.45, 2.75) is 32.8 Å². The van der Waals surface area contributed by atoms with Gasteiger partial charge in [0.15, 0.2) is 0 Å². The van der Waals surface area contributed by atoms with Crippen molar-refractivity contribution in [3.8, 4) is 0 Å². The van der Waals surface area contributed by atoms with Gasteiger partial charge in [-0.25, -0.2) is 0 Å². The summed E-state index contributed by atoms with van der Waals surface area (Å²) >= 11 is 6.03. The fourth-order valence-electron chi connectivity index (χ4n) is 1.34. The average molecular weight is 199 g/mol. The van der Waals surface area contributed by atoms with Gasteiger partial charge in [-0.1, -0.05) is 23.7 Å². The van der Waals surface area contributed by atoms with Crippen molar-refractivity contribution < 1.29 is 5.11 Å². The van der Waals surface area contributed by atoms with Crippen LogP contribution in [0, 0.1) is 6.92 Å². The maximum Gasteiger partial charge on any atom is 0.0515 e. The fraction of sp³-hybridized carbons (Fsp3) is 0.455. The monoisotopic (exact) mass is 198 g/mol. The normalized spacial score (nSPS) is 12.9. The minimum atomic E-state index is -0.254. The summed E-state index contributed by atoms with van der Waals surface area (Å²) in [6.45, 7) is 3.84. The lowest BCUT2D eigenvalue weighted by atomic mass is 10.0. The lowest BCUT2D eigenvalue weighted by Gasteiger charge is -2.09. The Morgan fingerprint density at radius 3 is 2.69 bits per heavy atom. The largest absolute Gasteiger partial charge is 0.393 e. The van der Waals surface area contributed by atoms with E-state index >= 15 is 0 Å². The number of benzene rings is 1. The Bertz CT molecular complexity index is 261. The Kier molecular flexibility index (Phi) is 3.76. The first-order valence-electron chi connectivity index (χ1n) is 4.53. The third-order valence-electron chi connectivity index (χ3n) is 2.17. The molecule has 1 aromatic rings. The van der Waals surface area contributed by atoms with E-state index in [0.717, 1.165) is 23.4 Å². The van der Waals surface area contributed by atoms with E-state index in [9.17, 15) is 0 Å². The van der Waals surface area contributed by atoms with Crippen LogP contribution in [-0.4, -0.2) is 11.2 Å². The summed E-state index contributed by atoms with van der Waals surface area (Å²) in [4.78, 5) is 0. The van der Waals surface area contributed by atoms with Gasteiger partial charge >= 0.3 is 0 Å². The fourth-order valence-corrected chi connectivity index (χ4v) is 1.65. The van der Waals surface area contributed by atoms with Crippen LogP contribution in [0.15, 0.2) is 18.2 Å². The Morgan fingerprint density at radius 2 is 2.15 bits per heavy atom.